The molecule has 13 heteroatoms. The number of aliphatic hydroxyl groups is 2. The van der Waals surface area contributed by atoms with E-state index < -0.39 is 56.4 Å². The topological polar surface area (TPSA) is 174 Å². The molecule has 1 aliphatic rings. The average Bonchev–Trinajstić information content (AvgIpc) is 2.68. The van der Waals surface area contributed by atoms with E-state index in [9.17, 15) is 24.2 Å². The van der Waals surface area contributed by atoms with Crippen molar-refractivity contribution in [3.8, 4) is 0 Å². The summed E-state index contributed by atoms with van der Waals surface area (Å²) in [5.41, 5.74) is -2.35. The molecule has 1 aromatic heterocycles. The van der Waals surface area contributed by atoms with Gasteiger partial charge in [-0.3, -0.25) is 14.3 Å². The minimum Gasteiger partial charge on any atom is -0.387 e. The molecule has 11 nitrogen and oxygen atoms in total. The Morgan fingerprint density at radius 1 is 1.32 bits per heavy atom. The van der Waals surface area contributed by atoms with Crippen molar-refractivity contribution >= 4 is 8.17 Å². The lowest BCUT2D eigenvalue weighted by Crippen LogP contribution is -2.38. The van der Waals surface area contributed by atoms with Crippen LogP contribution in [0.2, 0.25) is 0 Å². The summed E-state index contributed by atoms with van der Waals surface area (Å²) < 4.78 is 23.1. The van der Waals surface area contributed by atoms with Crippen LogP contribution in [0.5, 0.6) is 0 Å². The van der Waals surface area contributed by atoms with Crippen molar-refractivity contribution in [3.63, 3.8) is 0 Å². The summed E-state index contributed by atoms with van der Waals surface area (Å²) >= 11 is 0. The zero-order chi connectivity index (χ0) is 16.7. The molecule has 1 fully saturated rings. The van der Waals surface area contributed by atoms with Crippen molar-refractivity contribution in [2.24, 2.45) is 0 Å². The van der Waals surface area contributed by atoms with Crippen molar-refractivity contribution in [2.75, 3.05) is 6.61 Å². The molecular formula is C9H13FN2O9P+. The van der Waals surface area contributed by atoms with Crippen LogP contribution >= 0.6 is 8.17 Å². The average molecular weight is 343 g/mol. The van der Waals surface area contributed by atoms with Gasteiger partial charge in [-0.25, -0.2) is 4.79 Å². The Balaban J connectivity index is 2.22. The lowest BCUT2D eigenvalue weighted by atomic mass is 10.1. The van der Waals surface area contributed by atoms with E-state index in [2.05, 4.69) is 4.52 Å². The van der Waals surface area contributed by atoms with Crippen LogP contribution in [0.1, 0.15) is 6.23 Å². The van der Waals surface area contributed by atoms with E-state index in [4.69, 9.17) is 19.4 Å². The molecule has 0 aromatic carbocycles. The first-order chi connectivity index (χ1) is 10.1. The molecule has 0 saturated carbocycles. The fourth-order valence-electron chi connectivity index (χ4n) is 1.92. The first kappa shape index (κ1) is 17.1. The van der Waals surface area contributed by atoms with E-state index in [0.717, 1.165) is 0 Å². The molecule has 0 radical (unpaired) electrons. The molecule has 0 amide bonds. The molecule has 124 valence electrons. The number of nitrogens with one attached hydrogen (secondary N) is 1. The third-order valence-electron chi connectivity index (χ3n) is 2.95. The maximum absolute atomic E-state index is 13.2. The van der Waals surface area contributed by atoms with E-state index >= 15 is 0 Å². The Bertz CT molecular complexity index is 656. The number of ether oxygens (including phenoxy) is 1. The van der Waals surface area contributed by atoms with Gasteiger partial charge in [-0.1, -0.05) is 0 Å². The lowest BCUT2D eigenvalue weighted by molar-refractivity contribution is -0.0564. The molecule has 1 aromatic rings. The highest BCUT2D eigenvalue weighted by Gasteiger charge is 2.47. The second kappa shape index (κ2) is 6.10. The van der Waals surface area contributed by atoms with Gasteiger partial charge in [0.25, 0.3) is 5.56 Å². The van der Waals surface area contributed by atoms with Gasteiger partial charge in [-0.15, -0.1) is 0 Å². The number of aromatic amines is 1. The SMILES string of the molecule is O=c1[nH]c(=O)n([C@@H]2O[C@H](CO[P+](O)(O)O)[C@@H](O)[C@H]2O)cc1F. The monoisotopic (exact) mass is 343 g/mol. The standard InChI is InChI=1S/C9H12FN2O9P/c10-3-1-12(9(16)11-7(3)15)8-6(14)5(13)4(21-8)2-20-22(17,18)19/h1,4-6,8,13-14,17-19H,2H2/p+1/t4-,5-,6-,8-/m1/s1. The number of halogens is 1. The van der Waals surface area contributed by atoms with Gasteiger partial charge in [0.15, 0.2) is 6.23 Å². The summed E-state index contributed by atoms with van der Waals surface area (Å²) in [6, 6.07) is 0. The summed E-state index contributed by atoms with van der Waals surface area (Å²) in [5.74, 6) is -1.31. The van der Waals surface area contributed by atoms with Crippen LogP contribution in [-0.4, -0.2) is 59.4 Å². The number of hydrogen-bond acceptors (Lipinski definition) is 9. The van der Waals surface area contributed by atoms with E-state index in [1.807, 2.05) is 0 Å². The second-order valence-electron chi connectivity index (χ2n) is 4.50. The van der Waals surface area contributed by atoms with Gasteiger partial charge in [0.2, 0.25) is 5.82 Å². The third kappa shape index (κ3) is 3.56. The zero-order valence-corrected chi connectivity index (χ0v) is 11.6. The van der Waals surface area contributed by atoms with Crippen LogP contribution in [0.25, 0.3) is 0 Å². The Hall–Kier alpha value is -1.24. The summed E-state index contributed by atoms with van der Waals surface area (Å²) in [5, 5.41) is 19.5. The van der Waals surface area contributed by atoms with E-state index in [0.29, 0.717) is 10.8 Å². The third-order valence-corrected chi connectivity index (χ3v) is 3.44. The molecule has 4 atom stereocenters. The number of H-pyrrole nitrogens is 1. The molecule has 0 unspecified atom stereocenters. The Morgan fingerprint density at radius 2 is 1.95 bits per heavy atom. The quantitative estimate of drug-likeness (QED) is 0.311. The molecule has 2 rings (SSSR count). The van der Waals surface area contributed by atoms with Gasteiger partial charge in [0.05, 0.1) is 6.20 Å². The van der Waals surface area contributed by atoms with Crippen LogP contribution in [0.3, 0.4) is 0 Å². The van der Waals surface area contributed by atoms with Crippen LogP contribution in [0.4, 0.5) is 4.39 Å². The Kier molecular flexibility index (Phi) is 4.75. The van der Waals surface area contributed by atoms with Gasteiger partial charge in [-0.2, -0.15) is 23.6 Å². The van der Waals surface area contributed by atoms with Gasteiger partial charge in [0.1, 0.15) is 24.9 Å². The summed E-state index contributed by atoms with van der Waals surface area (Å²) in [6.45, 7) is -0.716. The van der Waals surface area contributed by atoms with Crippen LogP contribution in [0, 0.1) is 5.82 Å². The van der Waals surface area contributed by atoms with Gasteiger partial charge in [-0.05, 0) is 0 Å². The number of rotatable bonds is 4. The lowest BCUT2D eigenvalue weighted by Gasteiger charge is -2.16. The maximum atomic E-state index is 13.2. The predicted molar refractivity (Wildman–Crippen MR) is 66.7 cm³/mol. The molecule has 1 aliphatic heterocycles. The molecular weight excluding hydrogens is 330 g/mol. The van der Waals surface area contributed by atoms with Crippen LogP contribution in [0.15, 0.2) is 15.8 Å². The summed E-state index contributed by atoms with van der Waals surface area (Å²) in [6.07, 6.45) is -5.72. The van der Waals surface area contributed by atoms with Crippen LogP contribution in [-0.2, 0) is 9.26 Å². The van der Waals surface area contributed by atoms with E-state index in [-0.39, 0.29) is 0 Å². The highest BCUT2D eigenvalue weighted by molar-refractivity contribution is 7.53. The first-order valence-corrected chi connectivity index (χ1v) is 7.41. The van der Waals surface area contributed by atoms with Crippen molar-refractivity contribution in [2.45, 2.75) is 24.5 Å². The number of nitrogens with zero attached hydrogens (tertiary/aromatic N) is 1. The minimum absolute atomic E-state index is 0.492. The number of aliphatic hydroxyl groups excluding tert-OH is 2. The predicted octanol–water partition coefficient (Wildman–Crippen LogP) is -3.03. The first-order valence-electron chi connectivity index (χ1n) is 5.84. The summed E-state index contributed by atoms with van der Waals surface area (Å²) in [7, 11) is -4.58. The molecule has 1 saturated heterocycles. The molecule has 6 N–H and O–H groups in total. The Labute approximate surface area is 121 Å². The van der Waals surface area contributed by atoms with Crippen molar-refractivity contribution < 1.29 is 38.5 Å². The van der Waals surface area contributed by atoms with Crippen molar-refractivity contribution in [1.29, 1.82) is 0 Å². The molecule has 2 heterocycles. The summed E-state index contributed by atoms with van der Waals surface area (Å²) in [4.78, 5) is 50.2. The Morgan fingerprint density at radius 3 is 2.55 bits per heavy atom. The molecule has 0 bridgehead atoms. The molecule has 0 aliphatic carbocycles. The smallest absolute Gasteiger partial charge is 0.387 e. The minimum atomic E-state index is -4.58. The van der Waals surface area contributed by atoms with Crippen LogP contribution < -0.4 is 11.2 Å². The zero-order valence-electron chi connectivity index (χ0n) is 10.7. The largest absolute Gasteiger partial charge is 0.567 e. The van der Waals surface area contributed by atoms with Gasteiger partial charge < -0.3 is 14.9 Å². The van der Waals surface area contributed by atoms with Crippen molar-refractivity contribution in [1.82, 2.24) is 9.55 Å². The maximum Gasteiger partial charge on any atom is 0.567 e. The van der Waals surface area contributed by atoms with Crippen molar-refractivity contribution in [3.05, 3.63) is 32.9 Å². The molecule has 0 spiro atoms. The number of hydrogen-bond donors (Lipinski definition) is 6. The highest BCUT2D eigenvalue weighted by atomic mass is 31.2. The fraction of sp³-hybridized carbons (Fsp3) is 0.556. The normalized spacial score (nSPS) is 29.0. The van der Waals surface area contributed by atoms with Gasteiger partial charge >= 0.3 is 13.9 Å². The number of aromatic nitrogens is 2. The van der Waals surface area contributed by atoms with E-state index in [1.54, 1.807) is 4.98 Å². The van der Waals surface area contributed by atoms with Gasteiger partial charge in [0, 0.05) is 0 Å². The highest BCUT2D eigenvalue weighted by Crippen LogP contribution is 2.46. The second-order valence-corrected chi connectivity index (χ2v) is 5.78. The molecule has 22 heavy (non-hydrogen) atoms. The fourth-order valence-corrected chi connectivity index (χ4v) is 2.27. The van der Waals surface area contributed by atoms with E-state index in [1.165, 1.54) is 0 Å².